The first-order valence-corrected chi connectivity index (χ1v) is 8.37. The minimum atomic E-state index is -3.67. The standard InChI is InChI=1S/C15H23N3O2S/c1-11(2)14(17)8-9-18(4)21(19,20)15-7-5-6-12(3)13(15)10-16/h5-7,11,14H,8-9,17H2,1-4H3. The third-order valence-corrected chi connectivity index (χ3v) is 5.57. The lowest BCUT2D eigenvalue weighted by molar-refractivity contribution is 0.397. The number of nitrogens with two attached hydrogens (primary N) is 1. The summed E-state index contributed by atoms with van der Waals surface area (Å²) >= 11 is 0. The molecular formula is C15H23N3O2S. The van der Waals surface area contributed by atoms with Crippen molar-refractivity contribution in [2.45, 2.75) is 38.1 Å². The Kier molecular flexibility index (Phi) is 5.90. The van der Waals surface area contributed by atoms with Gasteiger partial charge in [-0.2, -0.15) is 5.26 Å². The van der Waals surface area contributed by atoms with E-state index < -0.39 is 10.0 Å². The summed E-state index contributed by atoms with van der Waals surface area (Å²) in [7, 11) is -2.15. The molecule has 2 N–H and O–H groups in total. The van der Waals surface area contributed by atoms with E-state index in [1.165, 1.54) is 17.4 Å². The number of rotatable bonds is 6. The summed E-state index contributed by atoms with van der Waals surface area (Å²) in [4.78, 5) is 0.0608. The van der Waals surface area contributed by atoms with Gasteiger partial charge in [-0.1, -0.05) is 26.0 Å². The molecule has 0 heterocycles. The molecule has 0 aliphatic carbocycles. The minimum Gasteiger partial charge on any atom is -0.327 e. The predicted molar refractivity (Wildman–Crippen MR) is 83.1 cm³/mol. The summed E-state index contributed by atoms with van der Waals surface area (Å²) in [6, 6.07) is 6.78. The lowest BCUT2D eigenvalue weighted by Gasteiger charge is -2.22. The molecule has 0 amide bonds. The molecule has 0 aliphatic rings. The van der Waals surface area contributed by atoms with Crippen LogP contribution in [0.5, 0.6) is 0 Å². The van der Waals surface area contributed by atoms with Crippen molar-refractivity contribution in [3.8, 4) is 6.07 Å². The van der Waals surface area contributed by atoms with Crippen LogP contribution in [0.4, 0.5) is 0 Å². The van der Waals surface area contributed by atoms with Crippen LogP contribution in [-0.4, -0.2) is 32.4 Å². The van der Waals surface area contributed by atoms with Crippen molar-refractivity contribution in [3.05, 3.63) is 29.3 Å². The minimum absolute atomic E-state index is 0.0457. The molecule has 0 aliphatic heterocycles. The van der Waals surface area contributed by atoms with Gasteiger partial charge in [-0.3, -0.25) is 0 Å². The third kappa shape index (κ3) is 4.03. The third-order valence-electron chi connectivity index (χ3n) is 3.67. The molecule has 116 valence electrons. The summed E-state index contributed by atoms with van der Waals surface area (Å²) in [5.41, 5.74) is 6.82. The molecule has 0 bridgehead atoms. The first-order chi connectivity index (χ1) is 9.71. The first-order valence-electron chi connectivity index (χ1n) is 6.93. The average molecular weight is 309 g/mol. The highest BCUT2D eigenvalue weighted by Crippen LogP contribution is 2.22. The molecular weight excluding hydrogens is 286 g/mol. The van der Waals surface area contributed by atoms with Gasteiger partial charge in [0.25, 0.3) is 0 Å². The fraction of sp³-hybridized carbons (Fsp3) is 0.533. The molecule has 1 rings (SSSR count). The second kappa shape index (κ2) is 7.03. The Morgan fingerprint density at radius 1 is 1.38 bits per heavy atom. The van der Waals surface area contributed by atoms with Crippen LogP contribution in [0.15, 0.2) is 23.1 Å². The van der Waals surface area contributed by atoms with E-state index in [0.717, 1.165) is 0 Å². The Morgan fingerprint density at radius 3 is 2.52 bits per heavy atom. The van der Waals surface area contributed by atoms with E-state index in [-0.39, 0.29) is 16.5 Å². The quantitative estimate of drug-likeness (QED) is 0.869. The normalized spacial score (nSPS) is 13.4. The van der Waals surface area contributed by atoms with Crippen molar-refractivity contribution in [3.63, 3.8) is 0 Å². The smallest absolute Gasteiger partial charge is 0.244 e. The Morgan fingerprint density at radius 2 is 2.00 bits per heavy atom. The molecule has 0 aromatic heterocycles. The molecule has 5 nitrogen and oxygen atoms in total. The molecule has 0 radical (unpaired) electrons. The van der Waals surface area contributed by atoms with Gasteiger partial charge >= 0.3 is 0 Å². The number of sulfonamides is 1. The van der Waals surface area contributed by atoms with E-state index >= 15 is 0 Å². The average Bonchev–Trinajstić information content (AvgIpc) is 2.43. The number of aryl methyl sites for hydroxylation is 1. The molecule has 1 atom stereocenters. The maximum absolute atomic E-state index is 12.6. The number of nitriles is 1. The summed E-state index contributed by atoms with van der Waals surface area (Å²) in [6.45, 7) is 6.08. The van der Waals surface area contributed by atoms with Crippen LogP contribution in [0.3, 0.4) is 0 Å². The van der Waals surface area contributed by atoms with Crippen LogP contribution in [0.1, 0.15) is 31.4 Å². The lowest BCUT2D eigenvalue weighted by Crippen LogP contribution is -2.35. The van der Waals surface area contributed by atoms with Crippen LogP contribution in [0.25, 0.3) is 0 Å². The predicted octanol–water partition coefficient (Wildman–Crippen LogP) is 1.86. The number of nitrogens with zero attached hydrogens (tertiary/aromatic N) is 2. The maximum Gasteiger partial charge on any atom is 0.244 e. The molecule has 0 saturated heterocycles. The Balaban J connectivity index is 3.02. The summed E-state index contributed by atoms with van der Waals surface area (Å²) in [5, 5.41) is 9.18. The molecule has 1 aromatic rings. The zero-order valence-corrected chi connectivity index (χ0v) is 13.8. The van der Waals surface area contributed by atoms with Crippen molar-refractivity contribution >= 4 is 10.0 Å². The van der Waals surface area contributed by atoms with Crippen molar-refractivity contribution < 1.29 is 8.42 Å². The Labute approximate surface area is 127 Å². The van der Waals surface area contributed by atoms with E-state index in [4.69, 9.17) is 5.73 Å². The molecule has 0 saturated carbocycles. The van der Waals surface area contributed by atoms with Crippen LogP contribution in [-0.2, 0) is 10.0 Å². The van der Waals surface area contributed by atoms with Gasteiger partial charge in [0.1, 0.15) is 11.0 Å². The fourth-order valence-corrected chi connectivity index (χ4v) is 3.35. The fourth-order valence-electron chi connectivity index (χ4n) is 1.95. The highest BCUT2D eigenvalue weighted by Gasteiger charge is 2.25. The van der Waals surface area contributed by atoms with Crippen LogP contribution in [0, 0.1) is 24.2 Å². The van der Waals surface area contributed by atoms with Crippen LogP contribution < -0.4 is 5.73 Å². The zero-order valence-electron chi connectivity index (χ0n) is 13.0. The van der Waals surface area contributed by atoms with Gasteiger partial charge in [0.05, 0.1) is 5.56 Å². The van der Waals surface area contributed by atoms with E-state index in [9.17, 15) is 13.7 Å². The highest BCUT2D eigenvalue weighted by molar-refractivity contribution is 7.89. The summed E-state index contributed by atoms with van der Waals surface area (Å²) in [5.74, 6) is 0.301. The van der Waals surface area contributed by atoms with Crippen molar-refractivity contribution in [2.24, 2.45) is 11.7 Å². The van der Waals surface area contributed by atoms with E-state index in [1.54, 1.807) is 19.1 Å². The second-order valence-corrected chi connectivity index (χ2v) is 7.60. The van der Waals surface area contributed by atoms with Gasteiger partial charge < -0.3 is 5.73 Å². The SMILES string of the molecule is Cc1cccc(S(=O)(=O)N(C)CCC(N)C(C)C)c1C#N. The molecule has 1 unspecified atom stereocenters. The molecule has 0 spiro atoms. The number of hydrogen-bond donors (Lipinski definition) is 1. The van der Waals surface area contributed by atoms with Gasteiger partial charge in [0, 0.05) is 19.6 Å². The lowest BCUT2D eigenvalue weighted by atomic mass is 10.0. The second-order valence-electron chi connectivity index (χ2n) is 5.58. The molecule has 0 fully saturated rings. The summed E-state index contributed by atoms with van der Waals surface area (Å²) < 4.78 is 26.4. The highest BCUT2D eigenvalue weighted by atomic mass is 32.2. The zero-order chi connectivity index (χ0) is 16.2. The van der Waals surface area contributed by atoms with Crippen molar-refractivity contribution in [1.82, 2.24) is 4.31 Å². The van der Waals surface area contributed by atoms with E-state index in [0.29, 0.717) is 24.4 Å². The number of benzene rings is 1. The van der Waals surface area contributed by atoms with Gasteiger partial charge in [-0.15, -0.1) is 0 Å². The Bertz CT molecular complexity index is 633. The maximum atomic E-state index is 12.6. The topological polar surface area (TPSA) is 87.2 Å². The van der Waals surface area contributed by atoms with Gasteiger partial charge in [-0.25, -0.2) is 12.7 Å². The van der Waals surface area contributed by atoms with Gasteiger partial charge in [0.15, 0.2) is 0 Å². The molecule has 21 heavy (non-hydrogen) atoms. The van der Waals surface area contributed by atoms with Gasteiger partial charge in [-0.05, 0) is 30.9 Å². The summed E-state index contributed by atoms with van der Waals surface area (Å²) in [6.07, 6.45) is 0.584. The van der Waals surface area contributed by atoms with Gasteiger partial charge in [0.2, 0.25) is 10.0 Å². The van der Waals surface area contributed by atoms with Crippen molar-refractivity contribution in [2.75, 3.05) is 13.6 Å². The van der Waals surface area contributed by atoms with Crippen LogP contribution in [0.2, 0.25) is 0 Å². The van der Waals surface area contributed by atoms with E-state index in [1.807, 2.05) is 19.9 Å². The Hall–Kier alpha value is -1.42. The monoisotopic (exact) mass is 309 g/mol. The number of hydrogen-bond acceptors (Lipinski definition) is 4. The van der Waals surface area contributed by atoms with Crippen molar-refractivity contribution in [1.29, 1.82) is 5.26 Å². The van der Waals surface area contributed by atoms with Crippen LogP contribution >= 0.6 is 0 Å². The largest absolute Gasteiger partial charge is 0.327 e. The molecule has 1 aromatic carbocycles. The van der Waals surface area contributed by atoms with E-state index in [2.05, 4.69) is 0 Å². The molecule has 6 heteroatoms. The first kappa shape index (κ1) is 17.6.